The molecule has 37 heavy (non-hydrogen) atoms. The third-order valence-corrected chi connectivity index (χ3v) is 6.47. The molecule has 0 bridgehead atoms. The van der Waals surface area contributed by atoms with E-state index in [0.717, 1.165) is 14.9 Å². The van der Waals surface area contributed by atoms with Gasteiger partial charge in [0, 0.05) is 55.5 Å². The van der Waals surface area contributed by atoms with Crippen LogP contribution in [-0.4, -0.2) is 69.7 Å². The minimum atomic E-state index is -0.487. The van der Waals surface area contributed by atoms with Gasteiger partial charge in [0.15, 0.2) is 0 Å². The van der Waals surface area contributed by atoms with E-state index in [2.05, 4.69) is 60.0 Å². The number of piperazine rings is 1. The topological polar surface area (TPSA) is 143 Å². The Hall–Kier alpha value is -3.91. The van der Waals surface area contributed by atoms with Gasteiger partial charge >= 0.3 is 0 Å². The lowest BCUT2D eigenvalue weighted by atomic mass is 10.2. The Morgan fingerprint density at radius 2 is 1.84 bits per heavy atom. The zero-order valence-corrected chi connectivity index (χ0v) is 22.0. The van der Waals surface area contributed by atoms with Crippen molar-refractivity contribution in [3.8, 4) is 5.75 Å². The fraction of sp³-hybridized carbons (Fsp3) is 0.200. The largest absolute Gasteiger partial charge is 0.506 e. The third kappa shape index (κ3) is 6.65. The summed E-state index contributed by atoms with van der Waals surface area (Å²) in [5.41, 5.74) is 2.61. The number of carbonyl (C=O) groups is 2. The van der Waals surface area contributed by atoms with Crippen molar-refractivity contribution in [3.63, 3.8) is 0 Å². The Bertz CT molecular complexity index is 1310. The Morgan fingerprint density at radius 1 is 1.08 bits per heavy atom. The smallest absolute Gasteiger partial charge is 0.248 e. The molecule has 11 nitrogen and oxygen atoms in total. The summed E-state index contributed by atoms with van der Waals surface area (Å²) >= 11 is 2.12. The van der Waals surface area contributed by atoms with Crippen LogP contribution in [0, 0.1) is 3.57 Å². The summed E-state index contributed by atoms with van der Waals surface area (Å²) in [4.78, 5) is 35.8. The first kappa shape index (κ1) is 26.2. The van der Waals surface area contributed by atoms with Crippen molar-refractivity contribution >= 4 is 68.9 Å². The van der Waals surface area contributed by atoms with E-state index < -0.39 is 6.61 Å². The van der Waals surface area contributed by atoms with Gasteiger partial charge in [0.1, 0.15) is 18.2 Å². The first-order valence-electron chi connectivity index (χ1n) is 11.4. The summed E-state index contributed by atoms with van der Waals surface area (Å²) in [7, 11) is 0. The number of hydrogen-bond acceptors (Lipinski definition) is 9. The first-order chi connectivity index (χ1) is 17.9. The number of benzene rings is 2. The molecule has 1 fully saturated rings. The Labute approximate surface area is 227 Å². The SMILES string of the molecule is C=CC(=O)Nc1cccc(Nc2nc(Nc3ccc(N4CCN(C(=O)CO)CC4)cc3O)ncc2I)c1. The Kier molecular flexibility index (Phi) is 8.40. The lowest BCUT2D eigenvalue weighted by Crippen LogP contribution is -2.49. The summed E-state index contributed by atoms with van der Waals surface area (Å²) in [6.07, 6.45) is 2.86. The highest BCUT2D eigenvalue weighted by Crippen LogP contribution is 2.32. The molecule has 0 spiro atoms. The maximum absolute atomic E-state index is 11.7. The molecule has 2 aromatic carbocycles. The van der Waals surface area contributed by atoms with Crippen LogP contribution >= 0.6 is 22.6 Å². The average molecular weight is 615 g/mol. The van der Waals surface area contributed by atoms with Crippen LogP contribution < -0.4 is 20.9 Å². The van der Waals surface area contributed by atoms with E-state index in [1.165, 1.54) is 6.08 Å². The van der Waals surface area contributed by atoms with Gasteiger partial charge in [0.05, 0.1) is 9.26 Å². The van der Waals surface area contributed by atoms with Crippen molar-refractivity contribution < 1.29 is 19.8 Å². The zero-order chi connectivity index (χ0) is 26.4. The molecule has 0 radical (unpaired) electrons. The second-order valence-corrected chi connectivity index (χ2v) is 9.30. The highest BCUT2D eigenvalue weighted by Gasteiger charge is 2.21. The average Bonchev–Trinajstić information content (AvgIpc) is 2.91. The molecular formula is C25H26IN7O4. The number of amides is 2. The van der Waals surface area contributed by atoms with E-state index in [1.807, 2.05) is 12.1 Å². The van der Waals surface area contributed by atoms with Crippen LogP contribution in [0.25, 0.3) is 0 Å². The van der Waals surface area contributed by atoms with Crippen LogP contribution in [0.2, 0.25) is 0 Å². The van der Waals surface area contributed by atoms with E-state index in [-0.39, 0.29) is 17.6 Å². The molecule has 1 aliphatic rings. The fourth-order valence-electron chi connectivity index (χ4n) is 3.78. The molecule has 0 saturated carbocycles. The standard InChI is InChI=1S/C25H26IN7O4/c1-2-22(36)28-16-4-3-5-17(12-16)29-24-19(26)14-27-25(31-24)30-20-7-6-18(13-21(20)35)32-8-10-33(11-9-32)23(37)15-34/h2-7,12-14,34-35H,1,8-11,15H2,(H,28,36)(H2,27,29,30,31). The summed E-state index contributed by atoms with van der Waals surface area (Å²) in [5, 5.41) is 28.7. The summed E-state index contributed by atoms with van der Waals surface area (Å²) in [6, 6.07) is 12.5. The van der Waals surface area contributed by atoms with Crippen LogP contribution in [0.3, 0.4) is 0 Å². The lowest BCUT2D eigenvalue weighted by molar-refractivity contribution is -0.134. The number of anilines is 6. The zero-order valence-electron chi connectivity index (χ0n) is 19.8. The minimum absolute atomic E-state index is 0.0358. The third-order valence-electron chi connectivity index (χ3n) is 5.68. The number of aromatic hydroxyl groups is 1. The molecule has 1 aliphatic heterocycles. The number of nitrogens with zero attached hydrogens (tertiary/aromatic N) is 4. The normalized spacial score (nSPS) is 13.1. The van der Waals surface area contributed by atoms with Gasteiger partial charge in [-0.15, -0.1) is 0 Å². The number of phenolic OH excluding ortho intramolecular Hbond substituents is 1. The maximum atomic E-state index is 11.7. The van der Waals surface area contributed by atoms with Gasteiger partial charge in [-0.05, 0) is 59.0 Å². The molecule has 0 aliphatic carbocycles. The maximum Gasteiger partial charge on any atom is 0.248 e. The highest BCUT2D eigenvalue weighted by molar-refractivity contribution is 14.1. The second kappa shape index (κ2) is 11.9. The van der Waals surface area contributed by atoms with E-state index in [4.69, 9.17) is 5.11 Å². The van der Waals surface area contributed by atoms with E-state index in [9.17, 15) is 14.7 Å². The van der Waals surface area contributed by atoms with Crippen molar-refractivity contribution in [2.75, 3.05) is 53.6 Å². The summed E-state index contributed by atoms with van der Waals surface area (Å²) in [5.74, 6) is 0.300. The molecule has 0 atom stereocenters. The fourth-order valence-corrected chi connectivity index (χ4v) is 4.17. The monoisotopic (exact) mass is 615 g/mol. The second-order valence-electron chi connectivity index (χ2n) is 8.14. The van der Waals surface area contributed by atoms with Gasteiger partial charge in [0.25, 0.3) is 0 Å². The van der Waals surface area contributed by atoms with Crippen LogP contribution in [0.15, 0.2) is 61.3 Å². The molecule has 0 unspecified atom stereocenters. The molecule has 1 saturated heterocycles. The van der Waals surface area contributed by atoms with Crippen LogP contribution in [0.1, 0.15) is 0 Å². The van der Waals surface area contributed by atoms with Crippen LogP contribution in [0.5, 0.6) is 5.75 Å². The van der Waals surface area contributed by atoms with Crippen molar-refractivity contribution in [2.24, 2.45) is 0 Å². The number of hydrogen-bond donors (Lipinski definition) is 5. The molecule has 2 amide bonds. The van der Waals surface area contributed by atoms with Crippen molar-refractivity contribution in [1.29, 1.82) is 0 Å². The van der Waals surface area contributed by atoms with Crippen molar-refractivity contribution in [2.45, 2.75) is 0 Å². The summed E-state index contributed by atoms with van der Waals surface area (Å²) < 4.78 is 0.780. The van der Waals surface area contributed by atoms with Gasteiger partial charge in [-0.2, -0.15) is 4.98 Å². The van der Waals surface area contributed by atoms with E-state index >= 15 is 0 Å². The van der Waals surface area contributed by atoms with E-state index in [1.54, 1.807) is 41.4 Å². The predicted octanol–water partition coefficient (Wildman–Crippen LogP) is 3.04. The lowest BCUT2D eigenvalue weighted by Gasteiger charge is -2.36. The number of phenols is 1. The van der Waals surface area contributed by atoms with Gasteiger partial charge in [0.2, 0.25) is 17.8 Å². The van der Waals surface area contributed by atoms with Crippen LogP contribution in [-0.2, 0) is 9.59 Å². The molecule has 12 heteroatoms. The van der Waals surface area contributed by atoms with Gasteiger partial charge < -0.3 is 36.0 Å². The van der Waals surface area contributed by atoms with Gasteiger partial charge in [-0.1, -0.05) is 12.6 Å². The molecule has 192 valence electrons. The molecule has 2 heterocycles. The minimum Gasteiger partial charge on any atom is -0.506 e. The molecular weight excluding hydrogens is 589 g/mol. The highest BCUT2D eigenvalue weighted by atomic mass is 127. The quantitative estimate of drug-likeness (QED) is 0.147. The molecule has 3 aromatic rings. The number of aliphatic hydroxyl groups is 1. The molecule has 4 rings (SSSR count). The van der Waals surface area contributed by atoms with Gasteiger partial charge in [-0.3, -0.25) is 9.59 Å². The van der Waals surface area contributed by atoms with Gasteiger partial charge in [-0.25, -0.2) is 4.98 Å². The van der Waals surface area contributed by atoms with Crippen LogP contribution in [0.4, 0.5) is 34.5 Å². The number of halogens is 1. The number of rotatable bonds is 8. The number of carbonyl (C=O) groups excluding carboxylic acids is 2. The molecule has 5 N–H and O–H groups in total. The van der Waals surface area contributed by atoms with Crippen molar-refractivity contribution in [1.82, 2.24) is 14.9 Å². The first-order valence-corrected chi connectivity index (χ1v) is 12.5. The number of aliphatic hydroxyl groups excluding tert-OH is 1. The summed E-state index contributed by atoms with van der Waals surface area (Å²) in [6.45, 7) is 5.19. The Morgan fingerprint density at radius 3 is 2.54 bits per heavy atom. The number of aromatic nitrogens is 2. The van der Waals surface area contributed by atoms with Crippen molar-refractivity contribution in [3.05, 3.63) is 64.9 Å². The molecule has 1 aromatic heterocycles. The Balaban J connectivity index is 1.44. The van der Waals surface area contributed by atoms with E-state index in [0.29, 0.717) is 49.3 Å². The number of nitrogens with one attached hydrogen (secondary N) is 3. The predicted molar refractivity (Wildman–Crippen MR) is 151 cm³/mol.